The predicted molar refractivity (Wildman–Crippen MR) is 86.6 cm³/mol. The van der Waals surface area contributed by atoms with Crippen molar-refractivity contribution in [2.24, 2.45) is 23.7 Å². The number of carbonyl (C=O) groups excluding carboxylic acids is 2. The number of nitrogens with zero attached hydrogens (tertiary/aromatic N) is 1. The van der Waals surface area contributed by atoms with Gasteiger partial charge in [-0.15, -0.1) is 0 Å². The molecule has 2 heterocycles. The van der Waals surface area contributed by atoms with Crippen LogP contribution in [0, 0.1) is 23.7 Å². The fraction of sp³-hybridized carbons (Fsp3) is 0.474. The number of benzene rings is 1. The van der Waals surface area contributed by atoms with Crippen LogP contribution in [0.1, 0.15) is 26.7 Å². The van der Waals surface area contributed by atoms with Crippen molar-refractivity contribution in [1.29, 1.82) is 0 Å². The van der Waals surface area contributed by atoms with Crippen LogP contribution in [0.3, 0.4) is 0 Å². The molecule has 0 aromatic heterocycles. The highest BCUT2D eigenvalue weighted by molar-refractivity contribution is 6.23. The average Bonchev–Trinajstić information content (AvgIpc) is 3.29. The van der Waals surface area contributed by atoms with E-state index in [0.29, 0.717) is 17.2 Å². The van der Waals surface area contributed by atoms with Crippen LogP contribution < -0.4 is 14.4 Å². The van der Waals surface area contributed by atoms with Gasteiger partial charge in [0.25, 0.3) is 0 Å². The SMILES string of the molecule is CC(C)=C1[C@H]2CC[C@@H]1[C@H]1C(=O)N(c3ccc4c(c3)OCO4)C(=O)[C@@H]12. The lowest BCUT2D eigenvalue weighted by molar-refractivity contribution is -0.123. The summed E-state index contributed by atoms with van der Waals surface area (Å²) in [6.07, 6.45) is 2.06. The molecule has 2 saturated carbocycles. The fourth-order valence-corrected chi connectivity index (χ4v) is 5.27. The smallest absolute Gasteiger partial charge is 0.238 e. The van der Waals surface area contributed by atoms with E-state index < -0.39 is 0 Å². The van der Waals surface area contributed by atoms with Gasteiger partial charge in [0.15, 0.2) is 11.5 Å². The van der Waals surface area contributed by atoms with Crippen LogP contribution in [0.15, 0.2) is 29.3 Å². The molecule has 5 nitrogen and oxygen atoms in total. The quantitative estimate of drug-likeness (QED) is 0.588. The molecular weight excluding hydrogens is 306 g/mol. The minimum absolute atomic E-state index is 0.0465. The molecule has 0 radical (unpaired) electrons. The van der Waals surface area contributed by atoms with Crippen LogP contribution in [0.2, 0.25) is 0 Å². The predicted octanol–water partition coefficient (Wildman–Crippen LogP) is 2.90. The summed E-state index contributed by atoms with van der Waals surface area (Å²) in [6, 6.07) is 5.28. The summed E-state index contributed by atoms with van der Waals surface area (Å²) in [5.74, 6) is 1.31. The summed E-state index contributed by atoms with van der Waals surface area (Å²) >= 11 is 0. The van der Waals surface area contributed by atoms with Gasteiger partial charge in [-0.2, -0.15) is 0 Å². The second-order valence-electron chi connectivity index (χ2n) is 7.35. The number of amides is 2. The van der Waals surface area contributed by atoms with Gasteiger partial charge in [-0.25, -0.2) is 4.90 Å². The molecule has 2 aliphatic heterocycles. The molecule has 5 rings (SSSR count). The van der Waals surface area contributed by atoms with E-state index in [1.54, 1.807) is 18.2 Å². The Morgan fingerprint density at radius 1 is 1.00 bits per heavy atom. The maximum atomic E-state index is 13.1. The van der Waals surface area contributed by atoms with Gasteiger partial charge in [-0.3, -0.25) is 9.59 Å². The summed E-state index contributed by atoms with van der Waals surface area (Å²) < 4.78 is 10.7. The number of rotatable bonds is 1. The van der Waals surface area contributed by atoms with E-state index in [0.717, 1.165) is 12.8 Å². The Labute approximate surface area is 140 Å². The number of anilines is 1. The molecule has 0 N–H and O–H groups in total. The highest BCUT2D eigenvalue weighted by Crippen LogP contribution is 2.60. The third kappa shape index (κ3) is 1.60. The van der Waals surface area contributed by atoms with E-state index in [1.165, 1.54) is 16.0 Å². The molecule has 4 aliphatic rings. The van der Waals surface area contributed by atoms with Gasteiger partial charge in [-0.05, 0) is 50.7 Å². The lowest BCUT2D eigenvalue weighted by Crippen LogP contribution is -2.33. The molecule has 5 heteroatoms. The largest absolute Gasteiger partial charge is 0.454 e. The molecule has 24 heavy (non-hydrogen) atoms. The number of imide groups is 1. The van der Waals surface area contributed by atoms with Crippen molar-refractivity contribution >= 4 is 17.5 Å². The van der Waals surface area contributed by atoms with Crippen molar-refractivity contribution in [1.82, 2.24) is 0 Å². The minimum atomic E-state index is -0.174. The van der Waals surface area contributed by atoms with Crippen molar-refractivity contribution in [2.45, 2.75) is 26.7 Å². The van der Waals surface area contributed by atoms with E-state index in [4.69, 9.17) is 9.47 Å². The molecule has 4 atom stereocenters. The van der Waals surface area contributed by atoms with E-state index in [1.807, 2.05) is 0 Å². The van der Waals surface area contributed by atoms with Crippen LogP contribution in [0.25, 0.3) is 0 Å². The first-order valence-electron chi connectivity index (χ1n) is 8.52. The number of allylic oxidation sites excluding steroid dienone is 2. The Balaban J connectivity index is 1.55. The average molecular weight is 325 g/mol. The minimum Gasteiger partial charge on any atom is -0.454 e. The van der Waals surface area contributed by atoms with Crippen LogP contribution >= 0.6 is 0 Å². The van der Waals surface area contributed by atoms with Gasteiger partial charge in [0.2, 0.25) is 18.6 Å². The second kappa shape index (κ2) is 4.62. The normalized spacial score (nSPS) is 32.8. The number of ether oxygens (including phenoxy) is 2. The van der Waals surface area contributed by atoms with Crippen molar-refractivity contribution in [3.05, 3.63) is 29.3 Å². The molecule has 0 unspecified atom stereocenters. The van der Waals surface area contributed by atoms with Crippen LogP contribution in [-0.2, 0) is 9.59 Å². The molecule has 2 amide bonds. The standard InChI is InChI=1S/C19H19NO4/c1-9(2)15-11-4-5-12(15)17-16(11)18(21)20(19(17)22)10-3-6-13-14(7-10)24-8-23-13/h3,6-7,11-12,16-17H,4-5,8H2,1-2H3/t11-,12+,16-,17-/m1/s1. The Bertz CT molecular complexity index is 776. The zero-order chi connectivity index (χ0) is 16.6. The van der Waals surface area contributed by atoms with Crippen LogP contribution in [0.5, 0.6) is 11.5 Å². The summed E-state index contributed by atoms with van der Waals surface area (Å²) in [5.41, 5.74) is 3.26. The third-order valence-corrected chi connectivity index (χ3v) is 6.04. The molecule has 2 aliphatic carbocycles. The van der Waals surface area contributed by atoms with Gasteiger partial charge >= 0.3 is 0 Å². The molecule has 0 spiro atoms. The molecule has 1 aromatic carbocycles. The number of carbonyl (C=O) groups is 2. The first kappa shape index (κ1) is 14.1. The van der Waals surface area contributed by atoms with Crippen molar-refractivity contribution in [3.63, 3.8) is 0 Å². The van der Waals surface area contributed by atoms with Crippen molar-refractivity contribution < 1.29 is 19.1 Å². The zero-order valence-corrected chi connectivity index (χ0v) is 13.7. The lowest BCUT2D eigenvalue weighted by Gasteiger charge is -2.19. The van der Waals surface area contributed by atoms with Crippen molar-refractivity contribution in [2.75, 3.05) is 11.7 Å². The first-order chi connectivity index (χ1) is 11.6. The maximum absolute atomic E-state index is 13.1. The summed E-state index contributed by atoms with van der Waals surface area (Å²) in [4.78, 5) is 27.5. The van der Waals surface area contributed by atoms with E-state index in [-0.39, 0.29) is 42.3 Å². The van der Waals surface area contributed by atoms with Gasteiger partial charge < -0.3 is 9.47 Å². The fourth-order valence-electron chi connectivity index (χ4n) is 5.27. The third-order valence-electron chi connectivity index (χ3n) is 6.04. The van der Waals surface area contributed by atoms with Gasteiger partial charge in [0.1, 0.15) is 0 Å². The molecular formula is C19H19NO4. The van der Waals surface area contributed by atoms with Crippen molar-refractivity contribution in [3.8, 4) is 11.5 Å². The van der Waals surface area contributed by atoms with E-state index >= 15 is 0 Å². The Morgan fingerprint density at radius 2 is 1.62 bits per heavy atom. The van der Waals surface area contributed by atoms with Gasteiger partial charge in [0, 0.05) is 6.07 Å². The van der Waals surface area contributed by atoms with Gasteiger partial charge in [0.05, 0.1) is 17.5 Å². The second-order valence-corrected chi connectivity index (χ2v) is 7.35. The molecule has 1 saturated heterocycles. The summed E-state index contributed by atoms with van der Waals surface area (Å²) in [7, 11) is 0. The van der Waals surface area contributed by atoms with E-state index in [2.05, 4.69) is 13.8 Å². The van der Waals surface area contributed by atoms with E-state index in [9.17, 15) is 9.59 Å². The molecule has 2 bridgehead atoms. The zero-order valence-electron chi connectivity index (χ0n) is 13.7. The highest BCUT2D eigenvalue weighted by atomic mass is 16.7. The number of fused-ring (bicyclic) bond motifs is 6. The maximum Gasteiger partial charge on any atom is 0.238 e. The molecule has 1 aromatic rings. The Kier molecular flexibility index (Phi) is 2.71. The monoisotopic (exact) mass is 325 g/mol. The van der Waals surface area contributed by atoms with Crippen LogP contribution in [-0.4, -0.2) is 18.6 Å². The van der Waals surface area contributed by atoms with Gasteiger partial charge in [-0.1, -0.05) is 11.1 Å². The topological polar surface area (TPSA) is 55.8 Å². The van der Waals surface area contributed by atoms with Crippen LogP contribution in [0.4, 0.5) is 5.69 Å². The highest BCUT2D eigenvalue weighted by Gasteiger charge is 2.63. The number of hydrogen-bond donors (Lipinski definition) is 0. The first-order valence-corrected chi connectivity index (χ1v) is 8.52. The molecule has 3 fully saturated rings. The Hall–Kier alpha value is -2.30. The summed E-state index contributed by atoms with van der Waals surface area (Å²) in [6.45, 7) is 4.39. The number of hydrogen-bond acceptors (Lipinski definition) is 4. The summed E-state index contributed by atoms with van der Waals surface area (Å²) in [5, 5.41) is 0. The Morgan fingerprint density at radius 3 is 2.25 bits per heavy atom. The molecule has 124 valence electrons. The lowest BCUT2D eigenvalue weighted by atomic mass is 9.81.